The summed E-state index contributed by atoms with van der Waals surface area (Å²) in [5.41, 5.74) is 1.45. The topological polar surface area (TPSA) is 44.1 Å². The van der Waals surface area contributed by atoms with Crippen molar-refractivity contribution in [2.45, 2.75) is 20.0 Å². The summed E-state index contributed by atoms with van der Waals surface area (Å²) < 4.78 is 8.14. The van der Waals surface area contributed by atoms with E-state index in [9.17, 15) is 4.79 Å². The van der Waals surface area contributed by atoms with Crippen molar-refractivity contribution in [1.82, 2.24) is 9.55 Å². The highest BCUT2D eigenvalue weighted by Crippen LogP contribution is 2.26. The molecular formula is C15H14N2O2S. The van der Waals surface area contributed by atoms with Gasteiger partial charge in [-0.25, -0.2) is 9.78 Å². The Morgan fingerprint density at radius 1 is 1.30 bits per heavy atom. The maximum absolute atomic E-state index is 11.9. The highest BCUT2D eigenvalue weighted by atomic mass is 32.1. The monoisotopic (exact) mass is 286 g/mol. The number of aromatic nitrogens is 2. The third-order valence-electron chi connectivity index (χ3n) is 2.78. The van der Waals surface area contributed by atoms with Gasteiger partial charge in [0.05, 0.1) is 21.9 Å². The summed E-state index contributed by atoms with van der Waals surface area (Å²) in [5, 5.41) is 0.888. The van der Waals surface area contributed by atoms with E-state index >= 15 is 0 Å². The van der Waals surface area contributed by atoms with Crippen molar-refractivity contribution >= 4 is 27.5 Å². The second-order valence-electron chi connectivity index (χ2n) is 4.72. The predicted molar refractivity (Wildman–Crippen MR) is 79.5 cm³/mol. The Kier molecular flexibility index (Phi) is 3.28. The number of carbonyl (C=O) groups is 1. The van der Waals surface area contributed by atoms with Gasteiger partial charge in [-0.3, -0.25) is 0 Å². The molecule has 1 aromatic carbocycles. The minimum Gasteiger partial charge on any atom is -0.459 e. The van der Waals surface area contributed by atoms with Crippen molar-refractivity contribution in [1.29, 1.82) is 0 Å². The van der Waals surface area contributed by atoms with Crippen LogP contribution in [0.25, 0.3) is 15.3 Å². The van der Waals surface area contributed by atoms with Crippen LogP contribution in [0, 0.1) is 0 Å². The number of carbonyl (C=O) groups excluding carboxylic acids is 1. The molecule has 0 aliphatic rings. The molecule has 0 fully saturated rings. The molecular weight excluding hydrogens is 272 g/mol. The van der Waals surface area contributed by atoms with Gasteiger partial charge in [-0.15, -0.1) is 0 Å². The van der Waals surface area contributed by atoms with Gasteiger partial charge < -0.3 is 9.30 Å². The van der Waals surface area contributed by atoms with Crippen molar-refractivity contribution in [3.8, 4) is 5.13 Å². The van der Waals surface area contributed by atoms with E-state index in [1.54, 1.807) is 17.4 Å². The molecule has 0 bridgehead atoms. The van der Waals surface area contributed by atoms with Gasteiger partial charge in [-0.05, 0) is 44.2 Å². The van der Waals surface area contributed by atoms with Crippen molar-refractivity contribution in [2.24, 2.45) is 0 Å². The smallest absolute Gasteiger partial charge is 0.338 e. The van der Waals surface area contributed by atoms with Gasteiger partial charge in [0.1, 0.15) is 0 Å². The van der Waals surface area contributed by atoms with Crippen molar-refractivity contribution in [3.63, 3.8) is 0 Å². The number of nitrogens with zero attached hydrogens (tertiary/aromatic N) is 2. The number of benzene rings is 1. The van der Waals surface area contributed by atoms with E-state index in [1.807, 2.05) is 55.1 Å². The lowest BCUT2D eigenvalue weighted by molar-refractivity contribution is 0.0378. The number of thiazole rings is 1. The lowest BCUT2D eigenvalue weighted by Crippen LogP contribution is -2.11. The molecule has 0 spiro atoms. The van der Waals surface area contributed by atoms with E-state index < -0.39 is 0 Å². The number of ether oxygens (including phenoxy) is 1. The molecule has 0 N–H and O–H groups in total. The third kappa shape index (κ3) is 2.44. The van der Waals surface area contributed by atoms with Gasteiger partial charge in [0.25, 0.3) is 0 Å². The van der Waals surface area contributed by atoms with Gasteiger partial charge in [0, 0.05) is 12.4 Å². The molecule has 0 unspecified atom stereocenters. The summed E-state index contributed by atoms with van der Waals surface area (Å²) in [5.74, 6) is -0.294. The average Bonchev–Trinajstić information content (AvgIpc) is 3.05. The summed E-state index contributed by atoms with van der Waals surface area (Å²) in [7, 11) is 0. The molecule has 0 saturated carbocycles. The quantitative estimate of drug-likeness (QED) is 0.690. The highest BCUT2D eigenvalue weighted by Gasteiger charge is 2.12. The molecule has 3 rings (SSSR count). The van der Waals surface area contributed by atoms with Gasteiger partial charge in [-0.1, -0.05) is 11.3 Å². The fourth-order valence-electron chi connectivity index (χ4n) is 1.89. The van der Waals surface area contributed by atoms with Crippen LogP contribution in [0.1, 0.15) is 24.2 Å². The van der Waals surface area contributed by atoms with Crippen LogP contribution in [0.5, 0.6) is 0 Å². The third-order valence-corrected chi connectivity index (χ3v) is 3.81. The molecule has 5 heteroatoms. The van der Waals surface area contributed by atoms with Crippen LogP contribution < -0.4 is 0 Å². The molecule has 0 amide bonds. The first-order chi connectivity index (χ1) is 9.63. The molecule has 102 valence electrons. The van der Waals surface area contributed by atoms with Gasteiger partial charge in [-0.2, -0.15) is 0 Å². The Morgan fingerprint density at radius 2 is 2.05 bits per heavy atom. The summed E-state index contributed by atoms with van der Waals surface area (Å²) in [6, 6.07) is 9.36. The predicted octanol–water partition coefficient (Wildman–Crippen LogP) is 3.65. The van der Waals surface area contributed by atoms with Crippen LogP contribution in [-0.4, -0.2) is 21.6 Å². The van der Waals surface area contributed by atoms with E-state index in [4.69, 9.17) is 4.74 Å². The summed E-state index contributed by atoms with van der Waals surface area (Å²) in [6.07, 6.45) is 3.78. The van der Waals surface area contributed by atoms with Crippen LogP contribution in [0.2, 0.25) is 0 Å². The standard InChI is InChI=1S/C15H14N2O2S/c1-10(2)19-14(18)11-5-6-12-13(9-11)20-15(16-12)17-7-3-4-8-17/h3-10H,1-2H3. The van der Waals surface area contributed by atoms with Crippen LogP contribution in [0.15, 0.2) is 42.7 Å². The lowest BCUT2D eigenvalue weighted by atomic mass is 10.2. The normalized spacial score (nSPS) is 11.2. The van der Waals surface area contributed by atoms with Gasteiger partial charge in [0.15, 0.2) is 5.13 Å². The SMILES string of the molecule is CC(C)OC(=O)c1ccc2nc(-n3cccc3)sc2c1. The van der Waals surface area contributed by atoms with E-state index in [0.717, 1.165) is 15.3 Å². The zero-order valence-corrected chi connectivity index (χ0v) is 12.1. The van der Waals surface area contributed by atoms with Crippen molar-refractivity contribution < 1.29 is 9.53 Å². The maximum atomic E-state index is 11.9. The zero-order chi connectivity index (χ0) is 14.1. The number of hydrogen-bond acceptors (Lipinski definition) is 4. The minimum absolute atomic E-state index is 0.116. The van der Waals surface area contributed by atoms with E-state index in [-0.39, 0.29) is 12.1 Å². The first kappa shape index (κ1) is 12.9. The second kappa shape index (κ2) is 5.09. The van der Waals surface area contributed by atoms with E-state index in [2.05, 4.69) is 4.98 Å². The first-order valence-electron chi connectivity index (χ1n) is 6.38. The van der Waals surface area contributed by atoms with E-state index in [0.29, 0.717) is 5.56 Å². The minimum atomic E-state index is -0.294. The average molecular weight is 286 g/mol. The first-order valence-corrected chi connectivity index (χ1v) is 7.20. The fraction of sp³-hybridized carbons (Fsp3) is 0.200. The Balaban J connectivity index is 1.97. The molecule has 2 heterocycles. The Bertz CT molecular complexity index is 744. The van der Waals surface area contributed by atoms with Crippen molar-refractivity contribution in [2.75, 3.05) is 0 Å². The summed E-state index contributed by atoms with van der Waals surface area (Å²) in [4.78, 5) is 16.4. The zero-order valence-electron chi connectivity index (χ0n) is 11.2. The number of rotatable bonds is 3. The number of fused-ring (bicyclic) bond motifs is 1. The molecule has 2 aromatic heterocycles. The Hall–Kier alpha value is -2.14. The highest BCUT2D eigenvalue weighted by molar-refractivity contribution is 7.20. The van der Waals surface area contributed by atoms with Crippen LogP contribution in [0.4, 0.5) is 0 Å². The molecule has 20 heavy (non-hydrogen) atoms. The fourth-order valence-corrected chi connectivity index (χ4v) is 2.87. The lowest BCUT2D eigenvalue weighted by Gasteiger charge is -2.07. The van der Waals surface area contributed by atoms with Crippen LogP contribution >= 0.6 is 11.3 Å². The molecule has 3 aromatic rings. The Labute approximate surface area is 120 Å². The molecule has 4 nitrogen and oxygen atoms in total. The summed E-state index contributed by atoms with van der Waals surface area (Å²) >= 11 is 1.55. The molecule has 0 saturated heterocycles. The van der Waals surface area contributed by atoms with Gasteiger partial charge in [0.2, 0.25) is 0 Å². The molecule has 0 radical (unpaired) electrons. The summed E-state index contributed by atoms with van der Waals surface area (Å²) in [6.45, 7) is 3.68. The Morgan fingerprint density at radius 3 is 2.75 bits per heavy atom. The second-order valence-corrected chi connectivity index (χ2v) is 5.73. The molecule has 0 aliphatic carbocycles. The molecule has 0 aliphatic heterocycles. The van der Waals surface area contributed by atoms with Crippen molar-refractivity contribution in [3.05, 3.63) is 48.3 Å². The molecule has 0 atom stereocenters. The maximum Gasteiger partial charge on any atom is 0.338 e. The number of hydrogen-bond donors (Lipinski definition) is 0. The van der Waals surface area contributed by atoms with Gasteiger partial charge >= 0.3 is 5.97 Å². The largest absolute Gasteiger partial charge is 0.459 e. The van der Waals surface area contributed by atoms with Crippen LogP contribution in [-0.2, 0) is 4.74 Å². The van der Waals surface area contributed by atoms with E-state index in [1.165, 1.54) is 0 Å². The van der Waals surface area contributed by atoms with Crippen LogP contribution in [0.3, 0.4) is 0 Å². The number of esters is 1.